The van der Waals surface area contributed by atoms with Crippen molar-refractivity contribution in [2.75, 3.05) is 0 Å². The largest absolute Gasteiger partial charge is 0.481 e. The summed E-state index contributed by atoms with van der Waals surface area (Å²) in [6.45, 7) is 4.54. The first kappa shape index (κ1) is 44.9. The molecule has 4 nitrogen and oxygen atoms in total. The molecule has 0 fully saturated rings. The second kappa shape index (κ2) is 41.6. The maximum Gasteiger partial charge on any atom is 0.303 e. The third-order valence-electron chi connectivity index (χ3n) is 7.99. The van der Waals surface area contributed by atoms with E-state index >= 15 is 0 Å². The number of carbonyl (C=O) groups is 2. The number of unbranched alkanes of at least 4 members (excludes halogenated alkanes) is 28. The van der Waals surface area contributed by atoms with E-state index in [-0.39, 0.29) is 17.1 Å². The summed E-state index contributed by atoms with van der Waals surface area (Å²) in [5, 5.41) is 17.0. The molecule has 1 radical (unpaired) electrons. The van der Waals surface area contributed by atoms with Gasteiger partial charge < -0.3 is 10.2 Å². The number of aliphatic carboxylic acids is 2. The molecule has 0 atom stereocenters. The summed E-state index contributed by atoms with van der Waals surface area (Å²) >= 11 is 0. The molecular weight excluding hydrogens is 551 g/mol. The van der Waals surface area contributed by atoms with Crippen LogP contribution in [0.1, 0.15) is 219 Å². The van der Waals surface area contributed by atoms with Crippen LogP contribution in [-0.2, 0) is 26.7 Å². The van der Waals surface area contributed by atoms with Crippen LogP contribution in [-0.4, -0.2) is 22.2 Å². The Kier molecular flexibility index (Phi) is 45.5. The third kappa shape index (κ3) is 49.5. The molecule has 0 aliphatic carbocycles. The van der Waals surface area contributed by atoms with E-state index in [1.54, 1.807) is 0 Å². The van der Waals surface area contributed by atoms with Crippen LogP contribution in [0, 0.1) is 0 Å². The fraction of sp³-hybridized carbons (Fsp3) is 0.944. The predicted octanol–water partition coefficient (Wildman–Crippen LogP) is 12.7. The maximum atomic E-state index is 10.3. The molecule has 0 heterocycles. The molecule has 0 aromatic heterocycles. The van der Waals surface area contributed by atoms with Crippen LogP contribution >= 0.6 is 0 Å². The van der Waals surface area contributed by atoms with Gasteiger partial charge in [-0.2, -0.15) is 0 Å². The summed E-state index contributed by atoms with van der Waals surface area (Å²) in [6.07, 6.45) is 40.4. The van der Waals surface area contributed by atoms with Crippen molar-refractivity contribution in [1.82, 2.24) is 0 Å². The first-order valence-electron chi connectivity index (χ1n) is 18.0. The van der Waals surface area contributed by atoms with Crippen LogP contribution in [0.25, 0.3) is 0 Å². The molecule has 2 N–H and O–H groups in total. The predicted molar refractivity (Wildman–Crippen MR) is 174 cm³/mol. The monoisotopic (exact) mass is 623 g/mol. The Balaban J connectivity index is -0.000000688. The van der Waals surface area contributed by atoms with E-state index in [1.807, 2.05) is 0 Å². The second-order valence-corrected chi connectivity index (χ2v) is 12.2. The summed E-state index contributed by atoms with van der Waals surface area (Å²) in [4.78, 5) is 20.7. The van der Waals surface area contributed by atoms with Gasteiger partial charge in [-0.1, -0.05) is 194 Å². The molecule has 5 heteroatoms. The first-order valence-corrected chi connectivity index (χ1v) is 18.0. The van der Waals surface area contributed by atoms with Gasteiger partial charge in [0.05, 0.1) is 0 Å². The molecule has 0 bridgehead atoms. The van der Waals surface area contributed by atoms with E-state index in [9.17, 15) is 9.59 Å². The molecule has 0 aliphatic rings. The minimum Gasteiger partial charge on any atom is -0.481 e. The molecule has 0 spiro atoms. The zero-order valence-electron chi connectivity index (χ0n) is 27.7. The molecule has 0 saturated heterocycles. The maximum absolute atomic E-state index is 10.3. The number of hydrogen-bond acceptors (Lipinski definition) is 2. The molecular formula is C36H72MnO4. The Morgan fingerprint density at radius 2 is 0.463 bits per heavy atom. The van der Waals surface area contributed by atoms with Crippen molar-refractivity contribution >= 4 is 11.9 Å². The Bertz CT molecular complexity index is 454. The SMILES string of the molecule is CCCCCCCCCCCCCCCCCC(=O)O.CCCCCCCCCCCCCCCCCC(=O)O.[Mn]. The van der Waals surface area contributed by atoms with E-state index in [4.69, 9.17) is 10.2 Å². The summed E-state index contributed by atoms with van der Waals surface area (Å²) in [7, 11) is 0. The minimum atomic E-state index is -0.653. The van der Waals surface area contributed by atoms with Gasteiger partial charge in [-0.3, -0.25) is 9.59 Å². The van der Waals surface area contributed by atoms with Crippen molar-refractivity contribution in [3.8, 4) is 0 Å². The van der Waals surface area contributed by atoms with Crippen LogP contribution in [0.15, 0.2) is 0 Å². The molecule has 0 amide bonds. The molecule has 0 aromatic carbocycles. The van der Waals surface area contributed by atoms with E-state index in [1.165, 1.54) is 167 Å². The summed E-state index contributed by atoms with van der Waals surface area (Å²) < 4.78 is 0. The normalized spacial score (nSPS) is 10.6. The Hall–Kier alpha value is -0.541. The van der Waals surface area contributed by atoms with Gasteiger partial charge >= 0.3 is 11.9 Å². The second-order valence-electron chi connectivity index (χ2n) is 12.2. The van der Waals surface area contributed by atoms with Crippen LogP contribution in [0.4, 0.5) is 0 Å². The first-order chi connectivity index (χ1) is 19.5. The fourth-order valence-corrected chi connectivity index (χ4v) is 5.30. The quantitative estimate of drug-likeness (QED) is 0.0577. The molecule has 0 aromatic rings. The van der Waals surface area contributed by atoms with Crippen molar-refractivity contribution in [2.24, 2.45) is 0 Å². The van der Waals surface area contributed by atoms with E-state index in [0.717, 1.165) is 25.7 Å². The summed E-state index contributed by atoms with van der Waals surface area (Å²) in [6, 6.07) is 0. The minimum absolute atomic E-state index is 0. The summed E-state index contributed by atoms with van der Waals surface area (Å²) in [5.74, 6) is -1.31. The van der Waals surface area contributed by atoms with Crippen molar-refractivity contribution in [2.45, 2.75) is 219 Å². The Morgan fingerprint density at radius 3 is 0.610 bits per heavy atom. The van der Waals surface area contributed by atoms with E-state index in [0.29, 0.717) is 12.8 Å². The van der Waals surface area contributed by atoms with Gasteiger partial charge in [0.15, 0.2) is 0 Å². The van der Waals surface area contributed by atoms with Gasteiger partial charge in [0.1, 0.15) is 0 Å². The molecule has 247 valence electrons. The van der Waals surface area contributed by atoms with Crippen molar-refractivity contribution < 1.29 is 36.9 Å². The van der Waals surface area contributed by atoms with Gasteiger partial charge in [-0.05, 0) is 12.8 Å². The van der Waals surface area contributed by atoms with E-state index in [2.05, 4.69) is 13.8 Å². The zero-order valence-corrected chi connectivity index (χ0v) is 28.9. The Labute approximate surface area is 267 Å². The van der Waals surface area contributed by atoms with Gasteiger partial charge in [0, 0.05) is 29.9 Å². The van der Waals surface area contributed by atoms with Gasteiger partial charge in [-0.25, -0.2) is 0 Å². The van der Waals surface area contributed by atoms with Crippen LogP contribution in [0.5, 0.6) is 0 Å². The Morgan fingerprint density at radius 1 is 0.317 bits per heavy atom. The van der Waals surface area contributed by atoms with Gasteiger partial charge in [-0.15, -0.1) is 0 Å². The zero-order chi connectivity index (χ0) is 29.8. The van der Waals surface area contributed by atoms with Crippen molar-refractivity contribution in [3.05, 3.63) is 0 Å². The number of carboxylic acids is 2. The van der Waals surface area contributed by atoms with Crippen LogP contribution in [0.3, 0.4) is 0 Å². The van der Waals surface area contributed by atoms with Crippen LogP contribution < -0.4 is 0 Å². The van der Waals surface area contributed by atoms with Crippen molar-refractivity contribution in [1.29, 1.82) is 0 Å². The van der Waals surface area contributed by atoms with Crippen molar-refractivity contribution in [3.63, 3.8) is 0 Å². The van der Waals surface area contributed by atoms with E-state index < -0.39 is 11.9 Å². The average molecular weight is 624 g/mol. The molecule has 0 aliphatic heterocycles. The molecule has 41 heavy (non-hydrogen) atoms. The van der Waals surface area contributed by atoms with Crippen LogP contribution in [0.2, 0.25) is 0 Å². The number of carboxylic acid groups (broad SMARTS) is 2. The smallest absolute Gasteiger partial charge is 0.303 e. The standard InChI is InChI=1S/2C18H36O2.Mn/c2*1-2-3-4-5-6-7-8-9-10-11-12-13-14-15-16-17-18(19)20;/h2*2-17H2,1H3,(H,19,20);. The summed E-state index contributed by atoms with van der Waals surface area (Å²) in [5.41, 5.74) is 0. The number of rotatable bonds is 32. The topological polar surface area (TPSA) is 74.6 Å². The molecule has 0 saturated carbocycles. The number of hydrogen-bond donors (Lipinski definition) is 2. The third-order valence-corrected chi connectivity index (χ3v) is 7.99. The average Bonchev–Trinajstić information content (AvgIpc) is 2.93. The molecule has 0 unspecified atom stereocenters. The van der Waals surface area contributed by atoms with Gasteiger partial charge in [0.25, 0.3) is 0 Å². The fourth-order valence-electron chi connectivity index (χ4n) is 5.30. The molecule has 0 rings (SSSR count). The van der Waals surface area contributed by atoms with Gasteiger partial charge in [0.2, 0.25) is 0 Å².